The minimum Gasteiger partial charge on any atom is -0.347 e. The van der Waals surface area contributed by atoms with E-state index in [1.165, 1.54) is 12.1 Å². The fourth-order valence-electron chi connectivity index (χ4n) is 6.43. The zero-order chi connectivity index (χ0) is 40.8. The fourth-order valence-corrected chi connectivity index (χ4v) is 6.83. The molecule has 292 valence electrons. The first-order chi connectivity index (χ1) is 28.0. The molecular formula is C44H38Cl2N8O4. The third kappa shape index (κ3) is 9.10. The summed E-state index contributed by atoms with van der Waals surface area (Å²) < 4.78 is 10.4. The zero-order valence-electron chi connectivity index (χ0n) is 31.7. The smallest absolute Gasteiger partial charge is 0.255 e. The molecule has 0 aliphatic heterocycles. The fraction of sp³-hybridized carbons (Fsp3) is 0.136. The second kappa shape index (κ2) is 17.6. The number of rotatable bonds is 12. The van der Waals surface area contributed by atoms with E-state index < -0.39 is 0 Å². The highest BCUT2D eigenvalue weighted by Crippen LogP contribution is 2.19. The molecule has 0 N–H and O–H groups in total. The minimum absolute atomic E-state index is 0.0339. The average Bonchev–Trinajstić information content (AvgIpc) is 4.05. The summed E-state index contributed by atoms with van der Waals surface area (Å²) >= 11 is 11.9. The molecule has 0 saturated carbocycles. The molecular weight excluding hydrogens is 775 g/mol. The molecule has 0 radical (unpaired) electrons. The molecule has 8 rings (SSSR count). The van der Waals surface area contributed by atoms with Gasteiger partial charge < -0.3 is 18.3 Å². The van der Waals surface area contributed by atoms with Gasteiger partial charge in [-0.15, -0.1) is 0 Å². The molecule has 0 aliphatic carbocycles. The number of aromatic nitrogens is 8. The van der Waals surface area contributed by atoms with E-state index in [-0.39, 0.29) is 22.7 Å². The quantitative estimate of drug-likeness (QED) is 0.117. The van der Waals surface area contributed by atoms with E-state index in [9.17, 15) is 19.2 Å². The Balaban J connectivity index is 0.000000177. The van der Waals surface area contributed by atoms with Gasteiger partial charge in [0.15, 0.2) is 11.6 Å². The number of hydrogen-bond acceptors (Lipinski definition) is 6. The standard InChI is InChI=1S/2C22H19ClN4O2/c1-25-19(10-12-21(25)23)20(28)11-5-16-14-26(15-24-16)17-6-8-18(9-7-17)27-13-3-2-4-22(27)29;1-25-13-16(23)12-20(25)21(28)10-5-17-14-26(15-24-17)18-6-8-19(9-7-18)27-11-3-2-4-22(27)29/h2-4,6-10,12-15H,5,11H2,1H3;2-4,6-9,11-15H,5,10H2,1H3. The highest BCUT2D eigenvalue weighted by Gasteiger charge is 2.14. The minimum atomic E-state index is -0.0747. The number of carbonyl (C=O) groups excluding carboxylic acids is 2. The number of hydrogen-bond donors (Lipinski definition) is 0. The summed E-state index contributed by atoms with van der Waals surface area (Å²) in [5, 5.41) is 1.10. The largest absolute Gasteiger partial charge is 0.347 e. The van der Waals surface area contributed by atoms with Crippen molar-refractivity contribution in [2.45, 2.75) is 25.7 Å². The van der Waals surface area contributed by atoms with E-state index in [1.807, 2.05) is 82.2 Å². The molecule has 2 aromatic carbocycles. The highest BCUT2D eigenvalue weighted by atomic mass is 35.5. The number of aryl methyl sites for hydroxylation is 3. The van der Waals surface area contributed by atoms with Crippen LogP contribution in [0.25, 0.3) is 22.7 Å². The molecule has 14 heteroatoms. The van der Waals surface area contributed by atoms with Gasteiger partial charge in [0.05, 0.1) is 40.5 Å². The second-order valence-corrected chi connectivity index (χ2v) is 14.3. The molecule has 6 aromatic heterocycles. The SMILES string of the molecule is Cn1c(Cl)ccc1C(=O)CCc1cn(-c2ccc(-n3ccccc3=O)cc2)cn1.Cn1cc(Cl)cc1C(=O)CCc1cn(-c2ccc(-n3ccccc3=O)cc2)cn1. The topological polar surface area (TPSA) is 124 Å². The van der Waals surface area contributed by atoms with Crippen LogP contribution in [0, 0.1) is 0 Å². The normalized spacial score (nSPS) is 11.0. The van der Waals surface area contributed by atoms with E-state index in [2.05, 4.69) is 9.97 Å². The van der Waals surface area contributed by atoms with Crippen molar-refractivity contribution in [3.8, 4) is 22.7 Å². The number of carbonyl (C=O) groups is 2. The van der Waals surface area contributed by atoms with Crippen LogP contribution in [0.4, 0.5) is 0 Å². The van der Waals surface area contributed by atoms with Crippen molar-refractivity contribution >= 4 is 34.8 Å². The van der Waals surface area contributed by atoms with Gasteiger partial charge in [-0.25, -0.2) is 9.97 Å². The Morgan fingerprint density at radius 1 is 0.569 bits per heavy atom. The third-order valence-electron chi connectivity index (χ3n) is 9.59. The van der Waals surface area contributed by atoms with E-state index in [0.29, 0.717) is 47.2 Å². The van der Waals surface area contributed by atoms with E-state index in [4.69, 9.17) is 23.2 Å². The summed E-state index contributed by atoms with van der Waals surface area (Å²) in [6.07, 6.45) is 14.3. The van der Waals surface area contributed by atoms with Gasteiger partial charge in [0.25, 0.3) is 11.1 Å². The van der Waals surface area contributed by atoms with Gasteiger partial charge in [-0.3, -0.25) is 28.3 Å². The molecule has 12 nitrogen and oxygen atoms in total. The lowest BCUT2D eigenvalue weighted by Gasteiger charge is -2.07. The molecule has 0 atom stereocenters. The summed E-state index contributed by atoms with van der Waals surface area (Å²) in [4.78, 5) is 57.5. The third-order valence-corrected chi connectivity index (χ3v) is 10.2. The van der Waals surface area contributed by atoms with Gasteiger partial charge in [0.1, 0.15) is 5.15 Å². The van der Waals surface area contributed by atoms with Crippen molar-refractivity contribution in [1.82, 2.24) is 37.4 Å². The van der Waals surface area contributed by atoms with Gasteiger partial charge in [0.2, 0.25) is 0 Å². The predicted molar refractivity (Wildman–Crippen MR) is 224 cm³/mol. The lowest BCUT2D eigenvalue weighted by molar-refractivity contribution is 0.0967. The Morgan fingerprint density at radius 3 is 1.45 bits per heavy atom. The van der Waals surface area contributed by atoms with Crippen molar-refractivity contribution in [2.75, 3.05) is 0 Å². The van der Waals surface area contributed by atoms with Crippen LogP contribution in [0.3, 0.4) is 0 Å². The Bertz CT molecular complexity index is 2670. The van der Waals surface area contributed by atoms with Gasteiger partial charge in [-0.2, -0.15) is 0 Å². The maximum Gasteiger partial charge on any atom is 0.255 e. The van der Waals surface area contributed by atoms with Crippen LogP contribution in [0.15, 0.2) is 156 Å². The maximum absolute atomic E-state index is 12.4. The molecule has 58 heavy (non-hydrogen) atoms. The zero-order valence-corrected chi connectivity index (χ0v) is 33.2. The lowest BCUT2D eigenvalue weighted by Crippen LogP contribution is -2.15. The van der Waals surface area contributed by atoms with Crippen molar-refractivity contribution < 1.29 is 9.59 Å². The Labute approximate surface area is 343 Å². The Morgan fingerprint density at radius 2 is 1.03 bits per heavy atom. The first kappa shape index (κ1) is 39.5. The lowest BCUT2D eigenvalue weighted by atomic mass is 10.1. The van der Waals surface area contributed by atoms with E-state index in [0.717, 1.165) is 34.1 Å². The Kier molecular flexibility index (Phi) is 12.0. The molecule has 0 spiro atoms. The predicted octanol–water partition coefficient (Wildman–Crippen LogP) is 7.66. The van der Waals surface area contributed by atoms with Crippen molar-refractivity contribution in [3.63, 3.8) is 0 Å². The molecule has 0 fully saturated rings. The number of ketones is 2. The summed E-state index contributed by atoms with van der Waals surface area (Å²) in [7, 11) is 3.58. The maximum atomic E-state index is 12.4. The summed E-state index contributed by atoms with van der Waals surface area (Å²) in [5.41, 5.74) is 6.17. The van der Waals surface area contributed by atoms with E-state index in [1.54, 1.807) is 93.9 Å². The number of benzene rings is 2. The molecule has 6 heterocycles. The van der Waals surface area contributed by atoms with Crippen LogP contribution < -0.4 is 11.1 Å². The average molecular weight is 814 g/mol. The number of nitrogens with zero attached hydrogens (tertiary/aromatic N) is 8. The summed E-state index contributed by atoms with van der Waals surface area (Å²) in [5.74, 6) is 0.0678. The Hall–Kier alpha value is -6.76. The molecule has 8 aromatic rings. The number of Topliss-reactive ketones (excluding diaryl/α,β-unsaturated/α-hetero) is 2. The van der Waals surface area contributed by atoms with E-state index >= 15 is 0 Å². The second-order valence-electron chi connectivity index (χ2n) is 13.5. The molecule has 0 unspecified atom stereocenters. The highest BCUT2D eigenvalue weighted by molar-refractivity contribution is 6.31. The van der Waals surface area contributed by atoms with Crippen LogP contribution in [-0.2, 0) is 26.9 Å². The van der Waals surface area contributed by atoms with Gasteiger partial charge in [-0.1, -0.05) is 35.3 Å². The monoisotopic (exact) mass is 812 g/mol. The van der Waals surface area contributed by atoms with Crippen molar-refractivity contribution in [1.29, 1.82) is 0 Å². The van der Waals surface area contributed by atoms with Gasteiger partial charge >= 0.3 is 0 Å². The van der Waals surface area contributed by atoms with Crippen LogP contribution in [0.2, 0.25) is 10.2 Å². The number of imidazole rings is 2. The van der Waals surface area contributed by atoms with Crippen LogP contribution in [0.5, 0.6) is 0 Å². The molecule has 0 amide bonds. The first-order valence-electron chi connectivity index (χ1n) is 18.4. The van der Waals surface area contributed by atoms with Crippen LogP contribution in [-0.4, -0.2) is 48.9 Å². The number of halogens is 2. The van der Waals surface area contributed by atoms with Gasteiger partial charge in [0, 0.05) is 92.8 Å². The molecule has 0 aliphatic rings. The van der Waals surface area contributed by atoms with Crippen LogP contribution >= 0.6 is 23.2 Å². The summed E-state index contributed by atoms with van der Waals surface area (Å²) in [6.45, 7) is 0. The first-order valence-corrected chi connectivity index (χ1v) is 19.1. The van der Waals surface area contributed by atoms with Crippen molar-refractivity contribution in [3.05, 3.63) is 200 Å². The van der Waals surface area contributed by atoms with Gasteiger partial charge in [-0.05, 0) is 91.7 Å². The molecule has 0 saturated heterocycles. The molecule has 0 bridgehead atoms. The number of pyridine rings is 2. The van der Waals surface area contributed by atoms with Crippen LogP contribution in [0.1, 0.15) is 45.2 Å². The summed E-state index contributed by atoms with van der Waals surface area (Å²) in [6, 6.07) is 30.5. The van der Waals surface area contributed by atoms with Crippen molar-refractivity contribution in [2.24, 2.45) is 14.1 Å².